The Morgan fingerprint density at radius 1 is 0.931 bits per heavy atom. The molecule has 1 heterocycles. The predicted molar refractivity (Wildman–Crippen MR) is 109 cm³/mol. The van der Waals surface area contributed by atoms with E-state index in [1.807, 2.05) is 24.3 Å². The summed E-state index contributed by atoms with van der Waals surface area (Å²) < 4.78 is 19.9. The van der Waals surface area contributed by atoms with Gasteiger partial charge in [-0.3, -0.25) is 9.59 Å². The number of halogens is 1. The molecule has 2 aromatic rings. The minimum atomic E-state index is -0.512. The first-order chi connectivity index (χ1) is 14.1. The largest absolute Gasteiger partial charge is 0.492 e. The lowest BCUT2D eigenvalue weighted by Crippen LogP contribution is -2.32. The monoisotopic (exact) mass is 396 g/mol. The molecule has 152 valence electrons. The Kier molecular flexibility index (Phi) is 5.79. The molecule has 1 aliphatic heterocycles. The predicted octanol–water partition coefficient (Wildman–Crippen LogP) is 4.53. The highest BCUT2D eigenvalue weighted by atomic mass is 19.1. The minimum Gasteiger partial charge on any atom is -0.492 e. The molecular weight excluding hydrogens is 371 g/mol. The van der Waals surface area contributed by atoms with Crippen LogP contribution in [0.3, 0.4) is 0 Å². The molecule has 1 atom stereocenters. The number of anilines is 2. The quantitative estimate of drug-likeness (QED) is 0.798. The molecule has 6 heteroatoms. The van der Waals surface area contributed by atoms with Crippen molar-refractivity contribution in [3.63, 3.8) is 0 Å². The van der Waals surface area contributed by atoms with Gasteiger partial charge in [-0.15, -0.1) is 0 Å². The number of benzene rings is 2. The molecule has 2 aliphatic rings. The average molecular weight is 396 g/mol. The van der Waals surface area contributed by atoms with Gasteiger partial charge in [-0.1, -0.05) is 37.5 Å². The van der Waals surface area contributed by atoms with Crippen molar-refractivity contribution in [2.75, 3.05) is 17.2 Å². The molecule has 1 unspecified atom stereocenters. The number of fused-ring (bicyclic) bond motifs is 1. The van der Waals surface area contributed by atoms with Crippen LogP contribution in [0.2, 0.25) is 0 Å². The highest BCUT2D eigenvalue weighted by Gasteiger charge is 2.26. The van der Waals surface area contributed by atoms with E-state index in [4.69, 9.17) is 4.74 Å². The summed E-state index contributed by atoms with van der Waals surface area (Å²) in [5, 5.41) is 5.52. The van der Waals surface area contributed by atoms with Crippen molar-refractivity contribution in [2.45, 2.75) is 38.5 Å². The first-order valence-corrected chi connectivity index (χ1v) is 10.2. The molecule has 2 amide bonds. The van der Waals surface area contributed by atoms with Gasteiger partial charge in [0, 0.05) is 11.6 Å². The summed E-state index contributed by atoms with van der Waals surface area (Å²) in [6.45, 7) is 0.301. The Morgan fingerprint density at radius 2 is 1.69 bits per heavy atom. The maximum absolute atomic E-state index is 14.2. The third-order valence-electron chi connectivity index (χ3n) is 5.72. The van der Waals surface area contributed by atoms with Crippen molar-refractivity contribution in [1.82, 2.24) is 0 Å². The second-order valence-corrected chi connectivity index (χ2v) is 7.83. The molecule has 0 bridgehead atoms. The molecule has 1 saturated carbocycles. The molecule has 0 radical (unpaired) electrons. The Labute approximate surface area is 169 Å². The summed E-state index contributed by atoms with van der Waals surface area (Å²) in [7, 11) is 0. The van der Waals surface area contributed by atoms with E-state index in [1.165, 1.54) is 18.2 Å². The lowest BCUT2D eigenvalue weighted by Gasteiger charge is -2.24. The van der Waals surface area contributed by atoms with E-state index in [0.29, 0.717) is 18.7 Å². The second-order valence-electron chi connectivity index (χ2n) is 7.83. The highest BCUT2D eigenvalue weighted by Crippen LogP contribution is 2.29. The number of amides is 2. The lowest BCUT2D eigenvalue weighted by molar-refractivity contribution is -0.121. The molecular formula is C23H25FN2O3. The van der Waals surface area contributed by atoms with Crippen molar-refractivity contribution >= 4 is 23.2 Å². The number of carbonyl (C=O) groups excluding carboxylic acids is 2. The first-order valence-electron chi connectivity index (χ1n) is 10.2. The van der Waals surface area contributed by atoms with Gasteiger partial charge < -0.3 is 15.4 Å². The normalized spacial score (nSPS) is 19.0. The van der Waals surface area contributed by atoms with E-state index in [2.05, 4.69) is 10.6 Å². The molecule has 0 aromatic heterocycles. The van der Waals surface area contributed by atoms with Crippen LogP contribution in [0.25, 0.3) is 0 Å². The van der Waals surface area contributed by atoms with Gasteiger partial charge in [0.25, 0.3) is 0 Å². The summed E-state index contributed by atoms with van der Waals surface area (Å²) in [6.07, 6.45) is 5.48. The first kappa shape index (κ1) is 19.4. The number of rotatable bonds is 4. The van der Waals surface area contributed by atoms with Crippen molar-refractivity contribution in [2.24, 2.45) is 11.8 Å². The van der Waals surface area contributed by atoms with Gasteiger partial charge in [0.05, 0.1) is 11.6 Å². The van der Waals surface area contributed by atoms with Crippen LogP contribution >= 0.6 is 0 Å². The summed E-state index contributed by atoms with van der Waals surface area (Å²) in [4.78, 5) is 25.1. The molecule has 29 heavy (non-hydrogen) atoms. The van der Waals surface area contributed by atoms with Gasteiger partial charge in [0.2, 0.25) is 11.8 Å². The number of nitrogens with one attached hydrogen (secondary N) is 2. The summed E-state index contributed by atoms with van der Waals surface area (Å²) in [6, 6.07) is 11.9. The average Bonchev–Trinajstić information content (AvgIpc) is 2.76. The number of ether oxygens (including phenoxy) is 1. The number of hydrogen-bond acceptors (Lipinski definition) is 3. The molecule has 1 aliphatic carbocycles. The number of para-hydroxylation sites is 1. The van der Waals surface area contributed by atoms with Crippen LogP contribution in [0.4, 0.5) is 15.8 Å². The SMILES string of the molecule is O=C(Nc1ccc(F)c(NC(=O)C2CCCCC2)c1)C1COc2ccccc2C1. The van der Waals surface area contributed by atoms with E-state index in [1.54, 1.807) is 0 Å². The number of carbonyl (C=O) groups is 2. The van der Waals surface area contributed by atoms with Crippen LogP contribution in [-0.2, 0) is 16.0 Å². The van der Waals surface area contributed by atoms with E-state index in [0.717, 1.165) is 43.4 Å². The Morgan fingerprint density at radius 3 is 2.52 bits per heavy atom. The van der Waals surface area contributed by atoms with E-state index in [9.17, 15) is 14.0 Å². The van der Waals surface area contributed by atoms with Crippen LogP contribution in [0.5, 0.6) is 5.75 Å². The van der Waals surface area contributed by atoms with Crippen molar-refractivity contribution in [3.05, 3.63) is 53.8 Å². The molecule has 2 aromatic carbocycles. The molecule has 0 saturated heterocycles. The Hall–Kier alpha value is -2.89. The van der Waals surface area contributed by atoms with Gasteiger partial charge in [0.1, 0.15) is 18.2 Å². The summed E-state index contributed by atoms with van der Waals surface area (Å²) in [5.74, 6) is -0.427. The molecule has 0 spiro atoms. The maximum Gasteiger partial charge on any atom is 0.231 e. The summed E-state index contributed by atoms with van der Waals surface area (Å²) in [5.41, 5.74) is 1.55. The minimum absolute atomic E-state index is 0.0687. The summed E-state index contributed by atoms with van der Waals surface area (Å²) >= 11 is 0. The third kappa shape index (κ3) is 4.58. The lowest BCUT2D eigenvalue weighted by atomic mass is 9.88. The van der Waals surface area contributed by atoms with Crippen LogP contribution in [0, 0.1) is 17.7 Å². The smallest absolute Gasteiger partial charge is 0.231 e. The second kappa shape index (κ2) is 8.64. The fraction of sp³-hybridized carbons (Fsp3) is 0.391. The van der Waals surface area contributed by atoms with Crippen LogP contribution in [0.15, 0.2) is 42.5 Å². The molecule has 2 N–H and O–H groups in total. The van der Waals surface area contributed by atoms with Crippen molar-refractivity contribution in [1.29, 1.82) is 0 Å². The molecule has 5 nitrogen and oxygen atoms in total. The van der Waals surface area contributed by atoms with E-state index in [-0.39, 0.29) is 29.3 Å². The van der Waals surface area contributed by atoms with Gasteiger partial charge in [0.15, 0.2) is 0 Å². The Bertz CT molecular complexity index is 909. The zero-order chi connectivity index (χ0) is 20.2. The molecule has 4 rings (SSSR count). The van der Waals surface area contributed by atoms with Crippen LogP contribution in [-0.4, -0.2) is 18.4 Å². The zero-order valence-electron chi connectivity index (χ0n) is 16.2. The van der Waals surface area contributed by atoms with Crippen molar-refractivity contribution < 1.29 is 18.7 Å². The zero-order valence-corrected chi connectivity index (χ0v) is 16.2. The van der Waals surface area contributed by atoms with E-state index < -0.39 is 5.82 Å². The van der Waals surface area contributed by atoms with Crippen LogP contribution in [0.1, 0.15) is 37.7 Å². The van der Waals surface area contributed by atoms with Gasteiger partial charge in [-0.25, -0.2) is 4.39 Å². The maximum atomic E-state index is 14.2. The topological polar surface area (TPSA) is 67.4 Å². The number of hydrogen-bond donors (Lipinski definition) is 2. The Balaban J connectivity index is 1.41. The van der Waals surface area contributed by atoms with Gasteiger partial charge in [-0.2, -0.15) is 0 Å². The third-order valence-corrected chi connectivity index (χ3v) is 5.72. The standard InChI is InChI=1S/C23H25FN2O3/c24-19-11-10-18(13-20(19)26-22(27)15-6-2-1-3-7-15)25-23(28)17-12-16-8-4-5-9-21(16)29-14-17/h4-5,8-11,13,15,17H,1-3,6-7,12,14H2,(H,25,28)(H,26,27). The van der Waals surface area contributed by atoms with Crippen molar-refractivity contribution in [3.8, 4) is 5.75 Å². The van der Waals surface area contributed by atoms with Gasteiger partial charge >= 0.3 is 0 Å². The van der Waals surface area contributed by atoms with Crippen LogP contribution < -0.4 is 15.4 Å². The van der Waals surface area contributed by atoms with E-state index >= 15 is 0 Å². The highest BCUT2D eigenvalue weighted by molar-refractivity contribution is 5.96. The van der Waals surface area contributed by atoms with Gasteiger partial charge in [-0.05, 0) is 49.1 Å². The molecule has 1 fully saturated rings. The fourth-order valence-electron chi connectivity index (χ4n) is 4.04. The fourth-order valence-corrected chi connectivity index (χ4v) is 4.04.